The second-order valence-electron chi connectivity index (χ2n) is 3.22. The molecule has 0 fully saturated rings. The van der Waals surface area contributed by atoms with E-state index in [1.807, 2.05) is 6.92 Å². The first-order valence-corrected chi connectivity index (χ1v) is 4.71. The molecule has 0 heterocycles. The maximum Gasteiger partial charge on any atom is 0.130 e. The Bertz CT molecular complexity index is 238. The Morgan fingerprint density at radius 2 is 2.00 bits per heavy atom. The van der Waals surface area contributed by atoms with Gasteiger partial charge in [0.05, 0.1) is 0 Å². The number of unbranched alkanes of at least 4 members (excludes halogenated alkanes) is 1. The molecule has 0 saturated heterocycles. The highest BCUT2D eigenvalue weighted by molar-refractivity contribution is 5.75. The maximum atomic E-state index is 10.7. The molecule has 0 aliphatic rings. The minimum absolute atomic E-state index is 0.265. The van der Waals surface area contributed by atoms with E-state index in [9.17, 15) is 4.79 Å². The number of allylic oxidation sites excluding steroid dienone is 2. The molecule has 0 N–H and O–H groups in total. The fourth-order valence-electron chi connectivity index (χ4n) is 0.991. The number of ketones is 1. The highest BCUT2D eigenvalue weighted by Crippen LogP contribution is 2.06. The van der Waals surface area contributed by atoms with Gasteiger partial charge in [-0.15, -0.1) is 11.8 Å². The van der Waals surface area contributed by atoms with Gasteiger partial charge in [0.1, 0.15) is 5.78 Å². The summed E-state index contributed by atoms with van der Waals surface area (Å²) in [6.45, 7) is 5.56. The van der Waals surface area contributed by atoms with Gasteiger partial charge in [0.25, 0.3) is 0 Å². The molecule has 72 valence electrons. The first-order valence-electron chi connectivity index (χ1n) is 4.71. The molecule has 1 nitrogen and oxygen atoms in total. The highest BCUT2D eigenvalue weighted by atomic mass is 16.1. The SMILES string of the molecule is CC#CCC/C=C(\C)CCC(C)=O. The lowest BCUT2D eigenvalue weighted by Crippen LogP contribution is -1.89. The van der Waals surface area contributed by atoms with Crippen LogP contribution >= 0.6 is 0 Å². The van der Waals surface area contributed by atoms with Crippen molar-refractivity contribution in [2.45, 2.75) is 46.5 Å². The first-order chi connectivity index (χ1) is 6.16. The minimum atomic E-state index is 0.265. The number of hydrogen-bond acceptors (Lipinski definition) is 1. The van der Waals surface area contributed by atoms with E-state index in [1.54, 1.807) is 6.92 Å². The maximum absolute atomic E-state index is 10.7. The van der Waals surface area contributed by atoms with Gasteiger partial charge in [-0.2, -0.15) is 0 Å². The van der Waals surface area contributed by atoms with Crippen LogP contribution in [0.3, 0.4) is 0 Å². The van der Waals surface area contributed by atoms with Crippen molar-refractivity contribution in [1.29, 1.82) is 0 Å². The van der Waals surface area contributed by atoms with E-state index in [0.29, 0.717) is 6.42 Å². The van der Waals surface area contributed by atoms with Crippen LogP contribution in [0.2, 0.25) is 0 Å². The van der Waals surface area contributed by atoms with E-state index in [-0.39, 0.29) is 5.78 Å². The van der Waals surface area contributed by atoms with E-state index >= 15 is 0 Å². The van der Waals surface area contributed by atoms with Crippen molar-refractivity contribution < 1.29 is 4.79 Å². The van der Waals surface area contributed by atoms with Crippen molar-refractivity contribution in [1.82, 2.24) is 0 Å². The van der Waals surface area contributed by atoms with Crippen molar-refractivity contribution in [2.24, 2.45) is 0 Å². The third-order valence-corrected chi connectivity index (χ3v) is 1.81. The van der Waals surface area contributed by atoms with Crippen molar-refractivity contribution in [2.75, 3.05) is 0 Å². The van der Waals surface area contributed by atoms with Gasteiger partial charge in [-0.05, 0) is 33.6 Å². The number of rotatable bonds is 5. The summed E-state index contributed by atoms with van der Waals surface area (Å²) in [6.07, 6.45) is 5.67. The molecule has 13 heavy (non-hydrogen) atoms. The first kappa shape index (κ1) is 12.0. The van der Waals surface area contributed by atoms with E-state index in [1.165, 1.54) is 5.57 Å². The number of Topliss-reactive ketones (excluding diaryl/α,β-unsaturated/α-hetero) is 1. The Morgan fingerprint density at radius 3 is 2.54 bits per heavy atom. The molecule has 0 rings (SSSR count). The Morgan fingerprint density at radius 1 is 1.31 bits per heavy atom. The summed E-state index contributed by atoms with van der Waals surface area (Å²) in [5.41, 5.74) is 1.30. The quantitative estimate of drug-likeness (QED) is 0.359. The molecule has 0 spiro atoms. The average molecular weight is 178 g/mol. The van der Waals surface area contributed by atoms with Crippen molar-refractivity contribution in [3.63, 3.8) is 0 Å². The molecule has 0 aromatic heterocycles. The van der Waals surface area contributed by atoms with Crippen LogP contribution in [-0.2, 0) is 4.79 Å². The van der Waals surface area contributed by atoms with Gasteiger partial charge in [0.15, 0.2) is 0 Å². The van der Waals surface area contributed by atoms with Gasteiger partial charge < -0.3 is 4.79 Å². The molecule has 0 aromatic rings. The summed E-state index contributed by atoms with van der Waals surface area (Å²) in [7, 11) is 0. The zero-order chi connectivity index (χ0) is 10.1. The normalized spacial score (nSPS) is 10.5. The lowest BCUT2D eigenvalue weighted by atomic mass is 10.1. The monoisotopic (exact) mass is 178 g/mol. The number of carbonyl (C=O) groups is 1. The molecular formula is C12H18O. The third kappa shape index (κ3) is 8.88. The molecule has 0 aliphatic carbocycles. The predicted octanol–water partition coefficient (Wildman–Crippen LogP) is 3.11. The molecule has 0 radical (unpaired) electrons. The molecule has 0 atom stereocenters. The third-order valence-electron chi connectivity index (χ3n) is 1.81. The van der Waals surface area contributed by atoms with E-state index in [4.69, 9.17) is 0 Å². The van der Waals surface area contributed by atoms with Crippen molar-refractivity contribution >= 4 is 5.78 Å². The standard InChI is InChI=1S/C12H18O/c1-4-5-6-7-8-11(2)9-10-12(3)13/h8H,6-7,9-10H2,1-3H3/b11-8+. The molecule has 0 bridgehead atoms. The van der Waals surface area contributed by atoms with Gasteiger partial charge >= 0.3 is 0 Å². The molecule has 0 unspecified atom stereocenters. The molecule has 0 saturated carbocycles. The molecule has 0 amide bonds. The smallest absolute Gasteiger partial charge is 0.130 e. The summed E-state index contributed by atoms with van der Waals surface area (Å²) >= 11 is 0. The van der Waals surface area contributed by atoms with Crippen LogP contribution < -0.4 is 0 Å². The van der Waals surface area contributed by atoms with E-state index in [0.717, 1.165) is 19.3 Å². The Labute approximate surface area is 81.2 Å². The van der Waals surface area contributed by atoms with Crippen LogP contribution in [0, 0.1) is 11.8 Å². The van der Waals surface area contributed by atoms with Crippen LogP contribution in [0.25, 0.3) is 0 Å². The zero-order valence-corrected chi connectivity index (χ0v) is 8.81. The van der Waals surface area contributed by atoms with Crippen molar-refractivity contribution in [3.8, 4) is 11.8 Å². The van der Waals surface area contributed by atoms with Crippen LogP contribution in [0.5, 0.6) is 0 Å². The lowest BCUT2D eigenvalue weighted by molar-refractivity contribution is -0.116. The van der Waals surface area contributed by atoms with E-state index in [2.05, 4.69) is 24.8 Å². The van der Waals surface area contributed by atoms with Gasteiger partial charge in [0.2, 0.25) is 0 Å². The predicted molar refractivity (Wildman–Crippen MR) is 56.4 cm³/mol. The largest absolute Gasteiger partial charge is 0.300 e. The topological polar surface area (TPSA) is 17.1 Å². The molecule has 0 aliphatic heterocycles. The summed E-state index contributed by atoms with van der Waals surface area (Å²) in [5, 5.41) is 0. The van der Waals surface area contributed by atoms with Gasteiger partial charge in [0, 0.05) is 12.8 Å². The van der Waals surface area contributed by atoms with Crippen LogP contribution in [0.15, 0.2) is 11.6 Å². The van der Waals surface area contributed by atoms with E-state index < -0.39 is 0 Å². The molecule has 0 aromatic carbocycles. The average Bonchev–Trinajstić information content (AvgIpc) is 2.09. The fourth-order valence-corrected chi connectivity index (χ4v) is 0.991. The summed E-state index contributed by atoms with van der Waals surface area (Å²) in [5.74, 6) is 6.13. The Balaban J connectivity index is 3.60. The highest BCUT2D eigenvalue weighted by Gasteiger charge is 1.93. The Hall–Kier alpha value is -1.03. The van der Waals surface area contributed by atoms with Crippen LogP contribution in [-0.4, -0.2) is 5.78 Å². The summed E-state index contributed by atoms with van der Waals surface area (Å²) < 4.78 is 0. The lowest BCUT2D eigenvalue weighted by Gasteiger charge is -1.97. The van der Waals surface area contributed by atoms with Crippen LogP contribution in [0.1, 0.15) is 46.5 Å². The van der Waals surface area contributed by atoms with Gasteiger partial charge in [-0.3, -0.25) is 0 Å². The molecular weight excluding hydrogens is 160 g/mol. The molecule has 1 heteroatoms. The van der Waals surface area contributed by atoms with Gasteiger partial charge in [-0.25, -0.2) is 0 Å². The van der Waals surface area contributed by atoms with Gasteiger partial charge in [-0.1, -0.05) is 11.6 Å². The van der Waals surface area contributed by atoms with Crippen LogP contribution in [0.4, 0.5) is 0 Å². The second kappa shape index (κ2) is 7.61. The number of carbonyl (C=O) groups excluding carboxylic acids is 1. The summed E-state index contributed by atoms with van der Waals surface area (Å²) in [4.78, 5) is 10.7. The van der Waals surface area contributed by atoms with Crippen molar-refractivity contribution in [3.05, 3.63) is 11.6 Å². The zero-order valence-electron chi connectivity index (χ0n) is 8.81. The Kier molecular flexibility index (Phi) is 7.01. The minimum Gasteiger partial charge on any atom is -0.300 e. The summed E-state index contributed by atoms with van der Waals surface area (Å²) in [6, 6.07) is 0. The fraction of sp³-hybridized carbons (Fsp3) is 0.583. The number of hydrogen-bond donors (Lipinski definition) is 0. The second-order valence-corrected chi connectivity index (χ2v) is 3.22.